The second kappa shape index (κ2) is 4.97. The van der Waals surface area contributed by atoms with Crippen molar-refractivity contribution in [2.45, 2.75) is 18.9 Å². The number of anilines is 1. The molecule has 3 N–H and O–H groups in total. The maximum absolute atomic E-state index is 11.7. The number of carbonyl (C=O) groups is 2. The third kappa shape index (κ3) is 2.82. The van der Waals surface area contributed by atoms with E-state index in [0.717, 1.165) is 19.4 Å². The minimum atomic E-state index is -0.972. The fourth-order valence-electron chi connectivity index (χ4n) is 1.83. The van der Waals surface area contributed by atoms with Crippen LogP contribution in [0.1, 0.15) is 23.2 Å². The van der Waals surface area contributed by atoms with E-state index < -0.39 is 5.97 Å². The van der Waals surface area contributed by atoms with Crippen LogP contribution in [0.15, 0.2) is 24.3 Å². The number of aromatic carboxylic acids is 1. The lowest BCUT2D eigenvalue weighted by Crippen LogP contribution is -2.35. The zero-order valence-corrected chi connectivity index (χ0v) is 9.27. The maximum Gasteiger partial charge on any atom is 0.335 e. The molecule has 1 aliphatic rings. The van der Waals surface area contributed by atoms with Crippen LogP contribution in [0.5, 0.6) is 0 Å². The molecule has 1 aromatic carbocycles. The topological polar surface area (TPSA) is 78.4 Å². The van der Waals surface area contributed by atoms with Gasteiger partial charge in [0.05, 0.1) is 11.6 Å². The van der Waals surface area contributed by atoms with Gasteiger partial charge in [-0.3, -0.25) is 4.79 Å². The van der Waals surface area contributed by atoms with E-state index in [4.69, 9.17) is 5.11 Å². The van der Waals surface area contributed by atoms with Crippen LogP contribution in [-0.4, -0.2) is 29.6 Å². The number of carbonyl (C=O) groups excluding carboxylic acids is 1. The van der Waals surface area contributed by atoms with Gasteiger partial charge in [0, 0.05) is 5.69 Å². The third-order valence-corrected chi connectivity index (χ3v) is 2.78. The Morgan fingerprint density at radius 2 is 2.00 bits per heavy atom. The van der Waals surface area contributed by atoms with E-state index in [1.54, 1.807) is 12.1 Å². The van der Waals surface area contributed by atoms with Crippen LogP contribution in [-0.2, 0) is 4.79 Å². The molecule has 0 aliphatic carbocycles. The predicted molar refractivity (Wildman–Crippen MR) is 63.1 cm³/mol. The molecule has 0 unspecified atom stereocenters. The van der Waals surface area contributed by atoms with Crippen LogP contribution in [0.25, 0.3) is 0 Å². The van der Waals surface area contributed by atoms with Crippen molar-refractivity contribution in [2.24, 2.45) is 0 Å². The van der Waals surface area contributed by atoms with Gasteiger partial charge in [0.15, 0.2) is 0 Å². The number of carboxylic acids is 1. The molecule has 1 aliphatic heterocycles. The summed E-state index contributed by atoms with van der Waals surface area (Å²) in [6, 6.07) is 6.00. The smallest absolute Gasteiger partial charge is 0.335 e. The average Bonchev–Trinajstić information content (AvgIpc) is 2.83. The Morgan fingerprint density at radius 1 is 1.29 bits per heavy atom. The Kier molecular flexibility index (Phi) is 3.39. The summed E-state index contributed by atoms with van der Waals surface area (Å²) in [5.74, 6) is -1.04. The summed E-state index contributed by atoms with van der Waals surface area (Å²) in [6.07, 6.45) is 1.86. The van der Waals surface area contributed by atoms with Crippen molar-refractivity contribution in [3.05, 3.63) is 29.8 Å². The number of amides is 1. The van der Waals surface area contributed by atoms with Gasteiger partial charge in [-0.25, -0.2) is 4.79 Å². The number of nitrogens with one attached hydrogen (secondary N) is 2. The standard InChI is InChI=1S/C12H14N2O3/c15-11(10-2-1-7-13-10)14-9-5-3-8(4-6-9)12(16)17/h3-6,10,13H,1-2,7H2,(H,14,15)(H,16,17)/t10-/m0/s1. The lowest BCUT2D eigenvalue weighted by Gasteiger charge is -2.10. The molecule has 0 radical (unpaired) electrons. The van der Waals surface area contributed by atoms with E-state index in [0.29, 0.717) is 5.69 Å². The number of hydrogen-bond donors (Lipinski definition) is 3. The minimum Gasteiger partial charge on any atom is -0.478 e. The average molecular weight is 234 g/mol. The molecule has 1 amide bonds. The molecule has 1 aromatic rings. The first kappa shape index (κ1) is 11.6. The molecule has 1 saturated heterocycles. The Morgan fingerprint density at radius 3 is 2.53 bits per heavy atom. The summed E-state index contributed by atoms with van der Waals surface area (Å²) in [7, 11) is 0. The molecule has 1 heterocycles. The molecule has 90 valence electrons. The van der Waals surface area contributed by atoms with Crippen LogP contribution in [0.3, 0.4) is 0 Å². The predicted octanol–water partition coefficient (Wildman–Crippen LogP) is 1.08. The highest BCUT2D eigenvalue weighted by Gasteiger charge is 2.21. The van der Waals surface area contributed by atoms with Crippen molar-refractivity contribution in [3.63, 3.8) is 0 Å². The fourth-order valence-corrected chi connectivity index (χ4v) is 1.83. The van der Waals surface area contributed by atoms with Gasteiger partial charge in [0.25, 0.3) is 0 Å². The van der Waals surface area contributed by atoms with Crippen LogP contribution < -0.4 is 10.6 Å². The second-order valence-electron chi connectivity index (χ2n) is 4.02. The normalized spacial score (nSPS) is 18.9. The number of rotatable bonds is 3. The molecule has 0 saturated carbocycles. The highest BCUT2D eigenvalue weighted by Crippen LogP contribution is 2.12. The molecule has 5 nitrogen and oxygen atoms in total. The molecule has 0 bridgehead atoms. The molecular weight excluding hydrogens is 220 g/mol. The van der Waals surface area contributed by atoms with E-state index in [9.17, 15) is 9.59 Å². The summed E-state index contributed by atoms with van der Waals surface area (Å²) in [5, 5.41) is 14.6. The summed E-state index contributed by atoms with van der Waals surface area (Å²) in [4.78, 5) is 22.4. The summed E-state index contributed by atoms with van der Waals surface area (Å²) < 4.78 is 0. The van der Waals surface area contributed by atoms with Crippen LogP contribution in [0.2, 0.25) is 0 Å². The van der Waals surface area contributed by atoms with Gasteiger partial charge in [-0.05, 0) is 43.7 Å². The number of hydrogen-bond acceptors (Lipinski definition) is 3. The number of carboxylic acid groups (broad SMARTS) is 1. The first-order chi connectivity index (χ1) is 8.16. The minimum absolute atomic E-state index is 0.0643. The third-order valence-electron chi connectivity index (χ3n) is 2.78. The van der Waals surface area contributed by atoms with Crippen molar-refractivity contribution in [3.8, 4) is 0 Å². The lowest BCUT2D eigenvalue weighted by molar-refractivity contribution is -0.117. The van der Waals surface area contributed by atoms with E-state index in [1.807, 2.05) is 0 Å². The van der Waals surface area contributed by atoms with E-state index >= 15 is 0 Å². The van der Waals surface area contributed by atoms with E-state index in [2.05, 4.69) is 10.6 Å². The first-order valence-electron chi connectivity index (χ1n) is 5.54. The van der Waals surface area contributed by atoms with E-state index in [1.165, 1.54) is 12.1 Å². The van der Waals surface area contributed by atoms with Gasteiger partial charge >= 0.3 is 5.97 Å². The zero-order valence-electron chi connectivity index (χ0n) is 9.27. The SMILES string of the molecule is O=C(O)c1ccc(NC(=O)[C@@H]2CCCN2)cc1. The van der Waals surface area contributed by atoms with Crippen molar-refractivity contribution in [1.29, 1.82) is 0 Å². The lowest BCUT2D eigenvalue weighted by atomic mass is 10.2. The van der Waals surface area contributed by atoms with Crippen LogP contribution >= 0.6 is 0 Å². The van der Waals surface area contributed by atoms with Crippen molar-refractivity contribution < 1.29 is 14.7 Å². The Bertz CT molecular complexity index is 422. The van der Waals surface area contributed by atoms with E-state index in [-0.39, 0.29) is 17.5 Å². The van der Waals surface area contributed by atoms with Crippen molar-refractivity contribution in [1.82, 2.24) is 5.32 Å². The maximum atomic E-state index is 11.7. The Labute approximate surface area is 98.8 Å². The second-order valence-corrected chi connectivity index (χ2v) is 4.02. The first-order valence-corrected chi connectivity index (χ1v) is 5.54. The molecule has 17 heavy (non-hydrogen) atoms. The quantitative estimate of drug-likeness (QED) is 0.731. The Hall–Kier alpha value is -1.88. The molecule has 0 aromatic heterocycles. The van der Waals surface area contributed by atoms with Gasteiger partial charge in [-0.15, -0.1) is 0 Å². The van der Waals surface area contributed by atoms with Gasteiger partial charge in [-0.2, -0.15) is 0 Å². The van der Waals surface area contributed by atoms with Gasteiger partial charge in [0.2, 0.25) is 5.91 Å². The molecular formula is C12H14N2O3. The summed E-state index contributed by atoms with van der Waals surface area (Å²) >= 11 is 0. The van der Waals surface area contributed by atoms with Crippen molar-refractivity contribution >= 4 is 17.6 Å². The van der Waals surface area contributed by atoms with Gasteiger partial charge in [0.1, 0.15) is 0 Å². The molecule has 1 atom stereocenters. The number of benzene rings is 1. The van der Waals surface area contributed by atoms with Crippen LogP contribution in [0.4, 0.5) is 5.69 Å². The monoisotopic (exact) mass is 234 g/mol. The summed E-state index contributed by atoms with van der Waals surface area (Å²) in [5.41, 5.74) is 0.829. The van der Waals surface area contributed by atoms with Crippen molar-refractivity contribution in [2.75, 3.05) is 11.9 Å². The molecule has 2 rings (SSSR count). The highest BCUT2D eigenvalue weighted by molar-refractivity contribution is 5.95. The summed E-state index contributed by atoms with van der Waals surface area (Å²) in [6.45, 7) is 0.871. The van der Waals surface area contributed by atoms with Gasteiger partial charge < -0.3 is 15.7 Å². The largest absolute Gasteiger partial charge is 0.478 e. The molecule has 5 heteroatoms. The molecule has 1 fully saturated rings. The fraction of sp³-hybridized carbons (Fsp3) is 0.333. The van der Waals surface area contributed by atoms with Gasteiger partial charge in [-0.1, -0.05) is 0 Å². The Balaban J connectivity index is 1.98. The van der Waals surface area contributed by atoms with Crippen LogP contribution in [0, 0.1) is 0 Å². The zero-order chi connectivity index (χ0) is 12.3. The molecule has 0 spiro atoms. The highest BCUT2D eigenvalue weighted by atomic mass is 16.4.